The lowest BCUT2D eigenvalue weighted by Gasteiger charge is -2.18. The molecule has 5 heteroatoms. The van der Waals surface area contributed by atoms with Gasteiger partial charge in [0.2, 0.25) is 0 Å². The van der Waals surface area contributed by atoms with Crippen LogP contribution in [-0.4, -0.2) is 24.1 Å². The van der Waals surface area contributed by atoms with Crippen LogP contribution in [0.5, 0.6) is 5.75 Å². The molecule has 0 fully saturated rings. The number of hydrogen-bond acceptors (Lipinski definition) is 5. The number of hydrogen-bond donors (Lipinski definition) is 1. The average molecular weight is 258 g/mol. The van der Waals surface area contributed by atoms with E-state index in [1.807, 2.05) is 37.4 Å². The molecule has 1 aromatic heterocycles. The molecule has 0 aliphatic carbocycles. The predicted octanol–water partition coefficient (Wildman–Crippen LogP) is 1.58. The molecule has 19 heavy (non-hydrogen) atoms. The van der Waals surface area contributed by atoms with Gasteiger partial charge in [-0.3, -0.25) is 0 Å². The van der Waals surface area contributed by atoms with E-state index in [0.717, 1.165) is 18.1 Å². The van der Waals surface area contributed by atoms with Gasteiger partial charge in [-0.05, 0) is 23.8 Å². The van der Waals surface area contributed by atoms with Crippen LogP contribution in [0, 0.1) is 0 Å². The molecular weight excluding hydrogens is 240 g/mol. The van der Waals surface area contributed by atoms with Crippen LogP contribution in [0.1, 0.15) is 11.4 Å². The molecule has 1 aromatic carbocycles. The van der Waals surface area contributed by atoms with E-state index in [1.54, 1.807) is 13.3 Å². The highest BCUT2D eigenvalue weighted by molar-refractivity contribution is 5.38. The summed E-state index contributed by atoms with van der Waals surface area (Å²) in [6.07, 6.45) is 1.73. The standard InChI is InChI=1S/C14H18N4O/c1-18(14-7-8-16-13(9-15)17-14)10-11-3-5-12(19-2)6-4-11/h3-8H,9-10,15H2,1-2H3. The van der Waals surface area contributed by atoms with Crippen LogP contribution in [0.4, 0.5) is 5.82 Å². The quantitative estimate of drug-likeness (QED) is 0.882. The van der Waals surface area contributed by atoms with Gasteiger partial charge in [0.05, 0.1) is 13.7 Å². The summed E-state index contributed by atoms with van der Waals surface area (Å²) in [5, 5.41) is 0. The minimum atomic E-state index is 0.351. The van der Waals surface area contributed by atoms with E-state index in [0.29, 0.717) is 12.4 Å². The average Bonchev–Trinajstić information content (AvgIpc) is 2.48. The summed E-state index contributed by atoms with van der Waals surface area (Å²) in [5.41, 5.74) is 6.74. The lowest BCUT2D eigenvalue weighted by atomic mass is 10.2. The van der Waals surface area contributed by atoms with Crippen LogP contribution in [0.2, 0.25) is 0 Å². The number of anilines is 1. The van der Waals surface area contributed by atoms with Gasteiger partial charge in [-0.2, -0.15) is 0 Å². The second kappa shape index (κ2) is 6.15. The molecule has 0 radical (unpaired) electrons. The van der Waals surface area contributed by atoms with Gasteiger partial charge in [-0.1, -0.05) is 12.1 Å². The fraction of sp³-hybridized carbons (Fsp3) is 0.286. The van der Waals surface area contributed by atoms with E-state index in [1.165, 1.54) is 5.56 Å². The molecule has 0 saturated heterocycles. The number of ether oxygens (including phenoxy) is 1. The largest absolute Gasteiger partial charge is 0.497 e. The number of rotatable bonds is 5. The molecule has 1 heterocycles. The summed E-state index contributed by atoms with van der Waals surface area (Å²) >= 11 is 0. The molecule has 2 aromatic rings. The molecule has 100 valence electrons. The molecule has 0 saturated carbocycles. The van der Waals surface area contributed by atoms with Crippen LogP contribution >= 0.6 is 0 Å². The minimum Gasteiger partial charge on any atom is -0.497 e. The first kappa shape index (κ1) is 13.3. The summed E-state index contributed by atoms with van der Waals surface area (Å²) in [6.45, 7) is 1.12. The van der Waals surface area contributed by atoms with Gasteiger partial charge in [-0.15, -0.1) is 0 Å². The molecule has 0 aliphatic rings. The maximum absolute atomic E-state index is 5.55. The van der Waals surface area contributed by atoms with Crippen molar-refractivity contribution in [3.05, 3.63) is 47.9 Å². The van der Waals surface area contributed by atoms with E-state index in [4.69, 9.17) is 10.5 Å². The maximum Gasteiger partial charge on any atom is 0.144 e. The van der Waals surface area contributed by atoms with Gasteiger partial charge in [0.1, 0.15) is 17.4 Å². The number of benzene rings is 1. The van der Waals surface area contributed by atoms with Crippen LogP contribution in [0.25, 0.3) is 0 Å². The second-order valence-corrected chi connectivity index (χ2v) is 4.24. The summed E-state index contributed by atoms with van der Waals surface area (Å²) in [4.78, 5) is 10.5. The van der Waals surface area contributed by atoms with Crippen molar-refractivity contribution in [2.45, 2.75) is 13.1 Å². The smallest absolute Gasteiger partial charge is 0.144 e. The van der Waals surface area contributed by atoms with Gasteiger partial charge >= 0.3 is 0 Å². The first-order valence-electron chi connectivity index (χ1n) is 6.09. The Morgan fingerprint density at radius 1 is 1.21 bits per heavy atom. The van der Waals surface area contributed by atoms with E-state index in [2.05, 4.69) is 14.9 Å². The SMILES string of the molecule is COc1ccc(CN(C)c2ccnc(CN)n2)cc1. The summed E-state index contributed by atoms with van der Waals surface area (Å²) in [6, 6.07) is 9.87. The number of nitrogens with zero attached hydrogens (tertiary/aromatic N) is 3. The van der Waals surface area contributed by atoms with Crippen molar-refractivity contribution >= 4 is 5.82 Å². The van der Waals surface area contributed by atoms with E-state index in [-0.39, 0.29) is 0 Å². The Hall–Kier alpha value is -2.14. The summed E-state index contributed by atoms with van der Waals surface area (Å²) in [7, 11) is 3.66. The molecule has 0 unspecified atom stereocenters. The number of methoxy groups -OCH3 is 1. The van der Waals surface area contributed by atoms with Crippen LogP contribution in [-0.2, 0) is 13.1 Å². The van der Waals surface area contributed by atoms with Crippen molar-refractivity contribution in [2.24, 2.45) is 5.73 Å². The Labute approximate surface area is 113 Å². The van der Waals surface area contributed by atoms with Gasteiger partial charge in [-0.25, -0.2) is 9.97 Å². The van der Waals surface area contributed by atoms with Crippen molar-refractivity contribution in [3.63, 3.8) is 0 Å². The Bertz CT molecular complexity index is 527. The molecular formula is C14H18N4O. The fourth-order valence-corrected chi connectivity index (χ4v) is 1.79. The lowest BCUT2D eigenvalue weighted by molar-refractivity contribution is 0.414. The van der Waals surface area contributed by atoms with E-state index in [9.17, 15) is 0 Å². The fourth-order valence-electron chi connectivity index (χ4n) is 1.79. The molecule has 5 nitrogen and oxygen atoms in total. The highest BCUT2D eigenvalue weighted by Gasteiger charge is 2.05. The lowest BCUT2D eigenvalue weighted by Crippen LogP contribution is -2.19. The van der Waals surface area contributed by atoms with Crippen molar-refractivity contribution in [1.29, 1.82) is 0 Å². The molecule has 2 rings (SSSR count). The van der Waals surface area contributed by atoms with Gasteiger partial charge in [0.25, 0.3) is 0 Å². The van der Waals surface area contributed by atoms with Gasteiger partial charge in [0, 0.05) is 19.8 Å². The zero-order chi connectivity index (χ0) is 13.7. The maximum atomic E-state index is 5.55. The third-order valence-electron chi connectivity index (χ3n) is 2.84. The molecule has 0 amide bonds. The molecule has 0 bridgehead atoms. The molecule has 0 atom stereocenters. The predicted molar refractivity (Wildman–Crippen MR) is 75.0 cm³/mol. The first-order valence-corrected chi connectivity index (χ1v) is 6.09. The Balaban J connectivity index is 2.08. The highest BCUT2D eigenvalue weighted by Crippen LogP contribution is 2.15. The number of aromatic nitrogens is 2. The van der Waals surface area contributed by atoms with Crippen molar-refractivity contribution < 1.29 is 4.74 Å². The van der Waals surface area contributed by atoms with Crippen LogP contribution in [0.15, 0.2) is 36.5 Å². The molecule has 2 N–H and O–H groups in total. The van der Waals surface area contributed by atoms with Crippen LogP contribution in [0.3, 0.4) is 0 Å². The van der Waals surface area contributed by atoms with Gasteiger partial charge < -0.3 is 15.4 Å². The Morgan fingerprint density at radius 2 is 1.95 bits per heavy atom. The van der Waals surface area contributed by atoms with Crippen molar-refractivity contribution in [1.82, 2.24) is 9.97 Å². The number of nitrogens with two attached hydrogens (primary N) is 1. The van der Waals surface area contributed by atoms with Crippen molar-refractivity contribution in [3.8, 4) is 5.75 Å². The Kier molecular flexibility index (Phi) is 4.30. The van der Waals surface area contributed by atoms with E-state index < -0.39 is 0 Å². The minimum absolute atomic E-state index is 0.351. The zero-order valence-corrected chi connectivity index (χ0v) is 11.2. The Morgan fingerprint density at radius 3 is 2.58 bits per heavy atom. The van der Waals surface area contributed by atoms with Crippen LogP contribution < -0.4 is 15.4 Å². The third kappa shape index (κ3) is 3.42. The second-order valence-electron chi connectivity index (χ2n) is 4.24. The summed E-state index contributed by atoms with van der Waals surface area (Å²) in [5.74, 6) is 2.38. The summed E-state index contributed by atoms with van der Waals surface area (Å²) < 4.78 is 5.14. The third-order valence-corrected chi connectivity index (χ3v) is 2.84. The normalized spacial score (nSPS) is 10.3. The molecule has 0 spiro atoms. The highest BCUT2D eigenvalue weighted by atomic mass is 16.5. The zero-order valence-electron chi connectivity index (χ0n) is 11.2. The van der Waals surface area contributed by atoms with Crippen molar-refractivity contribution in [2.75, 3.05) is 19.1 Å². The monoisotopic (exact) mass is 258 g/mol. The topological polar surface area (TPSA) is 64.3 Å². The van der Waals surface area contributed by atoms with Gasteiger partial charge in [0.15, 0.2) is 0 Å². The van der Waals surface area contributed by atoms with E-state index >= 15 is 0 Å². The first-order chi connectivity index (χ1) is 9.22. The molecule has 0 aliphatic heterocycles.